The van der Waals surface area contributed by atoms with Crippen molar-refractivity contribution in [3.8, 4) is 5.75 Å². The number of fused-ring (bicyclic) bond motifs is 3. The molecule has 4 heteroatoms. The van der Waals surface area contributed by atoms with Gasteiger partial charge in [-0.1, -0.05) is 57.1 Å². The Morgan fingerprint density at radius 2 is 1.93 bits per heavy atom. The lowest BCUT2D eigenvalue weighted by atomic mass is 9.79. The molecule has 3 aliphatic rings. The summed E-state index contributed by atoms with van der Waals surface area (Å²) in [4.78, 5) is 16.3. The van der Waals surface area contributed by atoms with Crippen LogP contribution in [0.2, 0.25) is 0 Å². The van der Waals surface area contributed by atoms with E-state index >= 15 is 0 Å². The van der Waals surface area contributed by atoms with E-state index in [-0.39, 0.29) is 6.09 Å². The quantitative estimate of drug-likeness (QED) is 0.585. The van der Waals surface area contributed by atoms with Crippen LogP contribution in [0, 0.1) is 5.92 Å². The van der Waals surface area contributed by atoms with E-state index in [1.165, 1.54) is 93.3 Å². The topological polar surface area (TPSA) is 32.8 Å². The highest BCUT2D eigenvalue weighted by molar-refractivity contribution is 5.70. The Morgan fingerprint density at radius 1 is 1.10 bits per heavy atom. The number of rotatable bonds is 6. The lowest BCUT2D eigenvalue weighted by Gasteiger charge is -2.34. The minimum atomic E-state index is -0.286. The van der Waals surface area contributed by atoms with Crippen LogP contribution < -0.4 is 4.74 Å². The van der Waals surface area contributed by atoms with Crippen molar-refractivity contribution in [3.63, 3.8) is 0 Å². The fourth-order valence-corrected chi connectivity index (χ4v) is 5.94. The first-order valence-corrected chi connectivity index (χ1v) is 11.9. The number of benzene rings is 1. The molecule has 0 bridgehead atoms. The molecule has 0 spiro atoms. The summed E-state index contributed by atoms with van der Waals surface area (Å²) in [6.07, 6.45) is 14.7. The molecule has 1 aromatic carbocycles. The summed E-state index contributed by atoms with van der Waals surface area (Å²) >= 11 is 0. The van der Waals surface area contributed by atoms with Gasteiger partial charge in [0, 0.05) is 26.1 Å². The number of carbonyl (C=O) groups excluding carboxylic acids is 1. The van der Waals surface area contributed by atoms with Gasteiger partial charge in [0.1, 0.15) is 5.75 Å². The van der Waals surface area contributed by atoms with Crippen molar-refractivity contribution in [3.05, 3.63) is 29.3 Å². The minimum absolute atomic E-state index is 0.286. The molecule has 2 aliphatic carbocycles. The molecule has 1 aromatic rings. The van der Waals surface area contributed by atoms with Gasteiger partial charge in [-0.25, -0.2) is 4.79 Å². The molecule has 160 valence electrons. The Labute approximate surface area is 176 Å². The average Bonchev–Trinajstić information content (AvgIpc) is 3.15. The van der Waals surface area contributed by atoms with Crippen LogP contribution in [0.15, 0.2) is 18.2 Å². The van der Waals surface area contributed by atoms with E-state index in [2.05, 4.69) is 17.0 Å². The molecule has 4 nitrogen and oxygen atoms in total. The van der Waals surface area contributed by atoms with Crippen molar-refractivity contribution >= 4 is 6.09 Å². The summed E-state index contributed by atoms with van der Waals surface area (Å²) in [6.45, 7) is 2.48. The molecule has 1 heterocycles. The lowest BCUT2D eigenvalue weighted by Crippen LogP contribution is -2.36. The van der Waals surface area contributed by atoms with Crippen LogP contribution in [-0.4, -0.2) is 49.1 Å². The van der Waals surface area contributed by atoms with Gasteiger partial charge in [-0.05, 0) is 61.9 Å². The summed E-state index contributed by atoms with van der Waals surface area (Å²) in [5.41, 5.74) is 2.69. The van der Waals surface area contributed by atoms with Gasteiger partial charge in [0.05, 0.1) is 0 Å². The molecule has 0 radical (unpaired) electrons. The Balaban J connectivity index is 1.32. The second-order valence-electron chi connectivity index (χ2n) is 9.62. The van der Waals surface area contributed by atoms with Crippen LogP contribution >= 0.6 is 0 Å². The van der Waals surface area contributed by atoms with E-state index in [4.69, 9.17) is 4.74 Å². The fraction of sp³-hybridized carbons (Fsp3) is 0.720. The van der Waals surface area contributed by atoms with Gasteiger partial charge >= 0.3 is 6.09 Å². The molecule has 2 atom stereocenters. The molecule has 2 fully saturated rings. The highest BCUT2D eigenvalue weighted by Crippen LogP contribution is 2.44. The molecule has 1 saturated heterocycles. The maximum atomic E-state index is 12.0. The second kappa shape index (κ2) is 9.51. The molecule has 0 aromatic heterocycles. The molecule has 1 saturated carbocycles. The van der Waals surface area contributed by atoms with E-state index in [0.717, 1.165) is 18.1 Å². The maximum absolute atomic E-state index is 12.0. The van der Waals surface area contributed by atoms with Gasteiger partial charge in [0.15, 0.2) is 0 Å². The van der Waals surface area contributed by atoms with Crippen LogP contribution in [0.3, 0.4) is 0 Å². The van der Waals surface area contributed by atoms with Gasteiger partial charge < -0.3 is 9.64 Å². The Morgan fingerprint density at radius 3 is 2.72 bits per heavy atom. The van der Waals surface area contributed by atoms with E-state index in [9.17, 15) is 4.79 Å². The zero-order valence-corrected chi connectivity index (χ0v) is 18.4. The standard InChI is InChI=1S/C25H38N2O2/c1-26(2)25(28)29-24-13-8-12-20-21-16-18-27(23(21)15-14-22(20)24)17-7-6-11-19-9-4-3-5-10-19/h8,12-13,19,21,23H,3-7,9-11,14-18H2,1-2H3/t21-,23+/m0/s1. The van der Waals surface area contributed by atoms with Crippen LogP contribution in [0.5, 0.6) is 5.75 Å². The second-order valence-corrected chi connectivity index (χ2v) is 9.62. The van der Waals surface area contributed by atoms with Crippen molar-refractivity contribution in [1.82, 2.24) is 9.80 Å². The average molecular weight is 399 g/mol. The van der Waals surface area contributed by atoms with Gasteiger partial charge in [0.25, 0.3) is 0 Å². The summed E-state index contributed by atoms with van der Waals surface area (Å²) in [7, 11) is 3.47. The number of hydrogen-bond acceptors (Lipinski definition) is 3. The first-order valence-electron chi connectivity index (χ1n) is 11.9. The van der Waals surface area contributed by atoms with E-state index in [1.54, 1.807) is 14.1 Å². The molecule has 1 amide bonds. The monoisotopic (exact) mass is 398 g/mol. The first-order chi connectivity index (χ1) is 14.1. The van der Waals surface area contributed by atoms with Crippen LogP contribution in [0.1, 0.15) is 81.3 Å². The number of ether oxygens (including phenoxy) is 1. The van der Waals surface area contributed by atoms with Gasteiger partial charge in [-0.15, -0.1) is 0 Å². The molecule has 0 N–H and O–H groups in total. The number of carbonyl (C=O) groups is 1. The number of amides is 1. The smallest absolute Gasteiger partial charge is 0.410 e. The Kier molecular flexibility index (Phi) is 6.79. The number of hydrogen-bond donors (Lipinski definition) is 0. The van der Waals surface area contributed by atoms with E-state index in [0.29, 0.717) is 12.0 Å². The van der Waals surface area contributed by atoms with Crippen molar-refractivity contribution in [1.29, 1.82) is 0 Å². The number of unbranched alkanes of at least 4 members (excludes halogenated alkanes) is 1. The fourth-order valence-electron chi connectivity index (χ4n) is 5.94. The third-order valence-electron chi connectivity index (χ3n) is 7.51. The summed E-state index contributed by atoms with van der Waals surface area (Å²) in [5, 5.41) is 0. The van der Waals surface area contributed by atoms with Crippen LogP contribution in [-0.2, 0) is 6.42 Å². The third kappa shape index (κ3) is 4.79. The number of likely N-dealkylation sites (tertiary alicyclic amines) is 1. The SMILES string of the molecule is CN(C)C(=O)Oc1cccc2c1CC[C@@H]1[C@H]2CCN1CCCCC1CCCCC1. The molecule has 29 heavy (non-hydrogen) atoms. The zero-order chi connectivity index (χ0) is 20.2. The molecule has 1 aliphatic heterocycles. The van der Waals surface area contributed by atoms with Gasteiger partial charge in [-0.3, -0.25) is 4.90 Å². The van der Waals surface area contributed by atoms with E-state index < -0.39 is 0 Å². The van der Waals surface area contributed by atoms with Gasteiger partial charge in [-0.2, -0.15) is 0 Å². The molecular formula is C25H38N2O2. The maximum Gasteiger partial charge on any atom is 0.414 e. The van der Waals surface area contributed by atoms with Crippen molar-refractivity contribution in [2.75, 3.05) is 27.2 Å². The van der Waals surface area contributed by atoms with Crippen LogP contribution in [0.4, 0.5) is 4.79 Å². The van der Waals surface area contributed by atoms with E-state index in [1.807, 2.05) is 6.07 Å². The normalized spacial score (nSPS) is 24.8. The Hall–Kier alpha value is -1.55. The van der Waals surface area contributed by atoms with Gasteiger partial charge in [0.2, 0.25) is 0 Å². The number of nitrogens with zero attached hydrogens (tertiary/aromatic N) is 2. The predicted molar refractivity (Wildman–Crippen MR) is 118 cm³/mol. The van der Waals surface area contributed by atoms with Crippen LogP contribution in [0.25, 0.3) is 0 Å². The third-order valence-corrected chi connectivity index (χ3v) is 7.51. The highest BCUT2D eigenvalue weighted by atomic mass is 16.6. The molecule has 0 unspecified atom stereocenters. The van der Waals surface area contributed by atoms with Crippen molar-refractivity contribution in [2.24, 2.45) is 5.92 Å². The molecular weight excluding hydrogens is 360 g/mol. The summed E-state index contributed by atoms with van der Waals surface area (Å²) in [6, 6.07) is 6.97. The van der Waals surface area contributed by atoms with Crippen molar-refractivity contribution in [2.45, 2.75) is 82.6 Å². The minimum Gasteiger partial charge on any atom is -0.410 e. The first kappa shape index (κ1) is 20.7. The summed E-state index contributed by atoms with van der Waals surface area (Å²) < 4.78 is 5.66. The zero-order valence-electron chi connectivity index (χ0n) is 18.4. The Bertz CT molecular complexity index is 696. The largest absolute Gasteiger partial charge is 0.414 e. The predicted octanol–water partition coefficient (Wildman–Crippen LogP) is 5.60. The molecule has 4 rings (SSSR count). The highest BCUT2D eigenvalue weighted by Gasteiger charge is 2.39. The van der Waals surface area contributed by atoms with Crippen molar-refractivity contribution < 1.29 is 9.53 Å². The summed E-state index contributed by atoms with van der Waals surface area (Å²) in [5.74, 6) is 2.39. The lowest BCUT2D eigenvalue weighted by molar-refractivity contribution is 0.170.